The number of rotatable bonds is 7. The average Bonchev–Trinajstić information content (AvgIpc) is 2.75. The molecule has 0 spiro atoms. The fourth-order valence-corrected chi connectivity index (χ4v) is 4.18. The van der Waals surface area contributed by atoms with Crippen LogP contribution in [0.4, 0.5) is 5.69 Å². The first kappa shape index (κ1) is 21.3. The molecule has 154 valence electrons. The first-order chi connectivity index (χ1) is 14.4. The van der Waals surface area contributed by atoms with Crippen molar-refractivity contribution in [3.05, 3.63) is 95.6 Å². The van der Waals surface area contributed by atoms with E-state index in [2.05, 4.69) is 10.5 Å². The third-order valence-electron chi connectivity index (χ3n) is 4.42. The van der Waals surface area contributed by atoms with Crippen molar-refractivity contribution in [1.82, 2.24) is 5.43 Å². The van der Waals surface area contributed by atoms with Gasteiger partial charge >= 0.3 is 0 Å². The predicted octanol–water partition coefficient (Wildman–Crippen LogP) is 3.65. The van der Waals surface area contributed by atoms with Gasteiger partial charge in [0.25, 0.3) is 15.9 Å². The van der Waals surface area contributed by atoms with Gasteiger partial charge in [-0.2, -0.15) is 5.10 Å². The highest BCUT2D eigenvalue weighted by Crippen LogP contribution is 2.23. The zero-order valence-electron chi connectivity index (χ0n) is 16.8. The van der Waals surface area contributed by atoms with Gasteiger partial charge in [-0.3, -0.25) is 9.10 Å². The molecule has 3 aromatic rings. The van der Waals surface area contributed by atoms with Crippen molar-refractivity contribution in [2.75, 3.05) is 10.8 Å². The molecule has 0 aliphatic carbocycles. The van der Waals surface area contributed by atoms with Crippen molar-refractivity contribution in [2.45, 2.75) is 18.7 Å². The van der Waals surface area contributed by atoms with Crippen molar-refractivity contribution in [1.29, 1.82) is 0 Å². The summed E-state index contributed by atoms with van der Waals surface area (Å²) in [6.07, 6.45) is 1.51. The number of hydrogen-bond donors (Lipinski definition) is 1. The number of carbonyl (C=O) groups excluding carboxylic acids is 1. The summed E-state index contributed by atoms with van der Waals surface area (Å²) in [5.41, 5.74) is 5.75. The second kappa shape index (κ2) is 9.37. The van der Waals surface area contributed by atoms with E-state index in [0.29, 0.717) is 5.69 Å². The van der Waals surface area contributed by atoms with Crippen LogP contribution in [0.5, 0.6) is 0 Å². The molecule has 7 heteroatoms. The van der Waals surface area contributed by atoms with Gasteiger partial charge in [0.15, 0.2) is 0 Å². The standard InChI is InChI=1S/C23H23N3O3S/c1-18-8-12-20(13-9-18)16-24-25-23(27)17-26(21-14-10-19(2)11-15-21)30(28,29)22-6-4-3-5-7-22/h3-16H,17H2,1-2H3,(H,25,27)/b24-16+. The average molecular weight is 422 g/mol. The molecule has 0 radical (unpaired) electrons. The van der Waals surface area contributed by atoms with E-state index in [1.54, 1.807) is 42.5 Å². The molecule has 3 rings (SSSR count). The third kappa shape index (κ3) is 5.33. The van der Waals surface area contributed by atoms with Crippen LogP contribution in [0, 0.1) is 13.8 Å². The lowest BCUT2D eigenvalue weighted by Gasteiger charge is -2.23. The Morgan fingerprint density at radius 2 is 1.47 bits per heavy atom. The fourth-order valence-electron chi connectivity index (χ4n) is 2.74. The van der Waals surface area contributed by atoms with E-state index in [-0.39, 0.29) is 4.90 Å². The minimum atomic E-state index is -3.92. The molecule has 30 heavy (non-hydrogen) atoms. The van der Waals surface area contributed by atoms with Gasteiger partial charge in [-0.15, -0.1) is 0 Å². The quantitative estimate of drug-likeness (QED) is 0.467. The summed E-state index contributed by atoms with van der Waals surface area (Å²) >= 11 is 0. The topological polar surface area (TPSA) is 78.8 Å². The van der Waals surface area contributed by atoms with Gasteiger partial charge in [0.2, 0.25) is 0 Å². The number of hydrogen-bond acceptors (Lipinski definition) is 4. The van der Waals surface area contributed by atoms with Gasteiger partial charge in [-0.1, -0.05) is 65.7 Å². The molecule has 0 atom stereocenters. The number of nitrogens with zero attached hydrogens (tertiary/aromatic N) is 2. The first-order valence-corrected chi connectivity index (χ1v) is 10.8. The molecule has 0 unspecified atom stereocenters. The normalized spacial score (nSPS) is 11.4. The summed E-state index contributed by atoms with van der Waals surface area (Å²) in [4.78, 5) is 12.6. The monoisotopic (exact) mass is 421 g/mol. The summed E-state index contributed by atoms with van der Waals surface area (Å²) in [5.74, 6) is -0.543. The zero-order chi connectivity index (χ0) is 21.6. The third-order valence-corrected chi connectivity index (χ3v) is 6.21. The van der Waals surface area contributed by atoms with Gasteiger partial charge in [0.05, 0.1) is 16.8 Å². The Morgan fingerprint density at radius 3 is 2.07 bits per heavy atom. The predicted molar refractivity (Wildman–Crippen MR) is 119 cm³/mol. The van der Waals surface area contributed by atoms with Crippen LogP contribution < -0.4 is 9.73 Å². The Bertz CT molecular complexity index is 1120. The maximum atomic E-state index is 13.2. The summed E-state index contributed by atoms with van der Waals surface area (Å²) in [6, 6.07) is 22.6. The molecule has 0 aromatic heterocycles. The molecule has 0 saturated carbocycles. The van der Waals surface area contributed by atoms with Crippen LogP contribution in [0.3, 0.4) is 0 Å². The molecule has 6 nitrogen and oxygen atoms in total. The number of nitrogens with one attached hydrogen (secondary N) is 1. The SMILES string of the molecule is Cc1ccc(/C=N/NC(=O)CN(c2ccc(C)cc2)S(=O)(=O)c2ccccc2)cc1. The van der Waals surface area contributed by atoms with Gasteiger partial charge < -0.3 is 0 Å². The van der Waals surface area contributed by atoms with E-state index in [1.165, 1.54) is 18.3 Å². The number of hydrazone groups is 1. The molecular weight excluding hydrogens is 398 g/mol. The molecule has 0 saturated heterocycles. The van der Waals surface area contributed by atoms with Crippen LogP contribution in [0.1, 0.15) is 16.7 Å². The Labute approximate surface area is 176 Å². The molecule has 0 aliphatic rings. The second-order valence-electron chi connectivity index (χ2n) is 6.86. The summed E-state index contributed by atoms with van der Waals surface area (Å²) in [7, 11) is -3.92. The van der Waals surface area contributed by atoms with E-state index < -0.39 is 22.5 Å². The van der Waals surface area contributed by atoms with E-state index in [4.69, 9.17) is 0 Å². The van der Waals surface area contributed by atoms with Crippen molar-refractivity contribution < 1.29 is 13.2 Å². The molecular formula is C23H23N3O3S. The van der Waals surface area contributed by atoms with Crippen molar-refractivity contribution >= 4 is 27.8 Å². The maximum absolute atomic E-state index is 13.2. The van der Waals surface area contributed by atoms with Crippen LogP contribution >= 0.6 is 0 Å². The van der Waals surface area contributed by atoms with E-state index >= 15 is 0 Å². The molecule has 1 amide bonds. The Morgan fingerprint density at radius 1 is 0.900 bits per heavy atom. The molecule has 0 heterocycles. The highest BCUT2D eigenvalue weighted by molar-refractivity contribution is 7.92. The van der Waals surface area contributed by atoms with E-state index in [9.17, 15) is 13.2 Å². The number of sulfonamides is 1. The van der Waals surface area contributed by atoms with Gasteiger partial charge in [-0.25, -0.2) is 13.8 Å². The largest absolute Gasteiger partial charge is 0.271 e. The van der Waals surface area contributed by atoms with E-state index in [0.717, 1.165) is 21.0 Å². The lowest BCUT2D eigenvalue weighted by Crippen LogP contribution is -2.39. The Hall–Kier alpha value is -3.45. The highest BCUT2D eigenvalue weighted by Gasteiger charge is 2.26. The van der Waals surface area contributed by atoms with Gasteiger partial charge in [0, 0.05) is 0 Å². The number of amides is 1. The smallest absolute Gasteiger partial charge is 0.264 e. The van der Waals surface area contributed by atoms with Gasteiger partial charge in [-0.05, 0) is 43.7 Å². The number of carbonyl (C=O) groups is 1. The molecule has 3 aromatic carbocycles. The van der Waals surface area contributed by atoms with Crippen LogP contribution in [0.15, 0.2) is 88.9 Å². The first-order valence-electron chi connectivity index (χ1n) is 9.39. The highest BCUT2D eigenvalue weighted by atomic mass is 32.2. The summed E-state index contributed by atoms with van der Waals surface area (Å²) < 4.78 is 27.5. The summed E-state index contributed by atoms with van der Waals surface area (Å²) in [6.45, 7) is 3.49. The summed E-state index contributed by atoms with van der Waals surface area (Å²) in [5, 5.41) is 3.94. The van der Waals surface area contributed by atoms with E-state index in [1.807, 2.05) is 38.1 Å². The minimum absolute atomic E-state index is 0.113. The number of aryl methyl sites for hydroxylation is 2. The van der Waals surface area contributed by atoms with Crippen molar-refractivity contribution in [2.24, 2.45) is 5.10 Å². The lowest BCUT2D eigenvalue weighted by atomic mass is 10.2. The number of benzene rings is 3. The second-order valence-corrected chi connectivity index (χ2v) is 8.73. The van der Waals surface area contributed by atoms with Crippen molar-refractivity contribution in [3.63, 3.8) is 0 Å². The fraction of sp³-hybridized carbons (Fsp3) is 0.130. The maximum Gasteiger partial charge on any atom is 0.264 e. The van der Waals surface area contributed by atoms with Crippen LogP contribution in [-0.4, -0.2) is 27.1 Å². The zero-order valence-corrected chi connectivity index (χ0v) is 17.6. The molecule has 1 N–H and O–H groups in total. The molecule has 0 aliphatic heterocycles. The lowest BCUT2D eigenvalue weighted by molar-refractivity contribution is -0.119. The number of anilines is 1. The van der Waals surface area contributed by atoms with Gasteiger partial charge in [0.1, 0.15) is 6.54 Å². The Balaban J connectivity index is 1.81. The van der Waals surface area contributed by atoms with Crippen LogP contribution in [-0.2, 0) is 14.8 Å². The minimum Gasteiger partial charge on any atom is -0.271 e. The van der Waals surface area contributed by atoms with Crippen molar-refractivity contribution in [3.8, 4) is 0 Å². The molecule has 0 bridgehead atoms. The van der Waals surface area contributed by atoms with Crippen LogP contribution in [0.25, 0.3) is 0 Å². The van der Waals surface area contributed by atoms with Crippen LogP contribution in [0.2, 0.25) is 0 Å². The Kier molecular flexibility index (Phi) is 6.64. The molecule has 0 fully saturated rings.